The molecule has 2 amide bonds. The molecule has 0 radical (unpaired) electrons. The van der Waals surface area contributed by atoms with Gasteiger partial charge in [-0.15, -0.1) is 0 Å². The maximum atomic E-state index is 13.5. The fourth-order valence-corrected chi connectivity index (χ4v) is 6.49. The van der Waals surface area contributed by atoms with E-state index in [1.807, 2.05) is 0 Å². The van der Waals surface area contributed by atoms with Gasteiger partial charge in [-0.1, -0.05) is 12.1 Å². The van der Waals surface area contributed by atoms with Gasteiger partial charge in [0.05, 0.1) is 30.0 Å². The Morgan fingerprint density at radius 3 is 2.75 bits per heavy atom. The van der Waals surface area contributed by atoms with Crippen molar-refractivity contribution in [3.63, 3.8) is 0 Å². The van der Waals surface area contributed by atoms with E-state index in [1.165, 1.54) is 29.4 Å². The highest BCUT2D eigenvalue weighted by molar-refractivity contribution is 7.91. The predicted molar refractivity (Wildman–Crippen MR) is 146 cm³/mol. The van der Waals surface area contributed by atoms with Crippen molar-refractivity contribution in [1.82, 2.24) is 15.1 Å². The molecule has 5 rings (SSSR count). The topological polar surface area (TPSA) is 120 Å². The molecule has 1 saturated heterocycles. The number of hydrogen-bond acceptors (Lipinski definition) is 7. The van der Waals surface area contributed by atoms with Gasteiger partial charge in [0.2, 0.25) is 0 Å². The molecule has 0 spiro atoms. The standard InChI is InChI=1S/C28H31FN4O6S/c1-32-25-15-23(38-10-7-19-8-11-40(36,37)12-9-19)5-6-26(25)39-18-24(27(32)34)31-28(35)33-17-21(16-30-33)13-20-3-2-4-22(29)14-20/h2-6,14-17,19,24H,7-13,18H2,1H3,(H,31,35)/t24-/m0/s1. The number of rotatable bonds is 7. The first-order valence-electron chi connectivity index (χ1n) is 13.1. The average molecular weight is 571 g/mol. The zero-order valence-electron chi connectivity index (χ0n) is 22.1. The third-order valence-corrected chi connectivity index (χ3v) is 8.95. The van der Waals surface area contributed by atoms with Crippen LogP contribution in [0.25, 0.3) is 0 Å². The van der Waals surface area contributed by atoms with Gasteiger partial charge in [0.1, 0.15) is 39.8 Å². The van der Waals surface area contributed by atoms with Gasteiger partial charge in [0.25, 0.3) is 5.91 Å². The van der Waals surface area contributed by atoms with Crippen LogP contribution in [-0.2, 0) is 21.1 Å². The van der Waals surface area contributed by atoms with Crippen molar-refractivity contribution in [2.75, 3.05) is 36.7 Å². The lowest BCUT2D eigenvalue weighted by Crippen LogP contribution is -2.50. The van der Waals surface area contributed by atoms with E-state index in [1.54, 1.807) is 37.4 Å². The normalized spacial score (nSPS) is 18.9. The molecule has 3 heterocycles. The molecule has 0 saturated carbocycles. The summed E-state index contributed by atoms with van der Waals surface area (Å²) >= 11 is 0. The molecule has 40 heavy (non-hydrogen) atoms. The number of benzene rings is 2. The van der Waals surface area contributed by atoms with Crippen molar-refractivity contribution in [2.45, 2.75) is 31.7 Å². The number of nitrogens with one attached hydrogen (secondary N) is 1. The molecule has 3 aromatic rings. The number of halogens is 1. The lowest BCUT2D eigenvalue weighted by atomic mass is 10.00. The van der Waals surface area contributed by atoms with Gasteiger partial charge < -0.3 is 19.7 Å². The van der Waals surface area contributed by atoms with Gasteiger partial charge in [0, 0.05) is 25.7 Å². The Labute approximate surface area is 232 Å². The first-order valence-corrected chi connectivity index (χ1v) is 15.0. The number of aromatic nitrogens is 2. The summed E-state index contributed by atoms with van der Waals surface area (Å²) in [5.74, 6) is 1.12. The maximum Gasteiger partial charge on any atom is 0.342 e. The SMILES string of the molecule is CN1C(=O)[C@@H](NC(=O)n2cc(Cc3cccc(F)c3)cn2)COc2ccc(OCCC3CCS(=O)(=O)CC3)cc21. The molecular formula is C28H31FN4O6S. The Morgan fingerprint density at radius 1 is 1.18 bits per heavy atom. The maximum absolute atomic E-state index is 13.5. The molecule has 2 aliphatic heterocycles. The number of anilines is 1. The van der Waals surface area contributed by atoms with Gasteiger partial charge in [0.15, 0.2) is 0 Å². The highest BCUT2D eigenvalue weighted by Gasteiger charge is 2.31. The van der Waals surface area contributed by atoms with E-state index < -0.39 is 21.9 Å². The van der Waals surface area contributed by atoms with Crippen LogP contribution < -0.4 is 19.7 Å². The molecule has 12 heteroatoms. The zero-order chi connectivity index (χ0) is 28.3. The number of likely N-dealkylation sites (N-methyl/N-ethyl adjacent to an activating group) is 1. The third-order valence-electron chi connectivity index (χ3n) is 7.23. The first kappa shape index (κ1) is 27.6. The summed E-state index contributed by atoms with van der Waals surface area (Å²) in [5.41, 5.74) is 1.98. The Balaban J connectivity index is 1.17. The molecule has 0 bridgehead atoms. The van der Waals surface area contributed by atoms with Crippen LogP contribution in [0.15, 0.2) is 54.9 Å². The number of carbonyl (C=O) groups is 2. The second kappa shape index (κ2) is 11.7. The summed E-state index contributed by atoms with van der Waals surface area (Å²) in [6, 6.07) is 9.85. The largest absolute Gasteiger partial charge is 0.494 e. The van der Waals surface area contributed by atoms with Crippen LogP contribution in [0.5, 0.6) is 11.5 Å². The fraction of sp³-hybridized carbons (Fsp3) is 0.393. The fourth-order valence-electron chi connectivity index (χ4n) is 4.90. The second-order valence-electron chi connectivity index (χ2n) is 10.2. The van der Waals surface area contributed by atoms with E-state index >= 15 is 0 Å². The molecule has 2 aliphatic rings. The Kier molecular flexibility index (Phi) is 8.06. The van der Waals surface area contributed by atoms with Crippen LogP contribution in [0.2, 0.25) is 0 Å². The molecule has 1 aromatic heterocycles. The number of hydrogen-bond donors (Lipinski definition) is 1. The minimum absolute atomic E-state index is 0.0654. The van der Waals surface area contributed by atoms with Crippen LogP contribution in [0, 0.1) is 11.7 Å². The summed E-state index contributed by atoms with van der Waals surface area (Å²) in [5, 5.41) is 6.77. The molecule has 1 N–H and O–H groups in total. The van der Waals surface area contributed by atoms with Crippen molar-refractivity contribution in [3.8, 4) is 11.5 Å². The monoisotopic (exact) mass is 570 g/mol. The number of amides is 2. The molecule has 212 valence electrons. The van der Waals surface area contributed by atoms with Crippen molar-refractivity contribution in [2.24, 2.45) is 5.92 Å². The van der Waals surface area contributed by atoms with Crippen molar-refractivity contribution in [1.29, 1.82) is 0 Å². The number of carbonyl (C=O) groups excluding carboxylic acids is 2. The quantitative estimate of drug-likeness (QED) is 0.463. The lowest BCUT2D eigenvalue weighted by molar-refractivity contribution is -0.120. The molecule has 1 atom stereocenters. The number of sulfone groups is 1. The zero-order valence-corrected chi connectivity index (χ0v) is 22.9. The summed E-state index contributed by atoms with van der Waals surface area (Å²) in [6.07, 6.45) is 5.53. The van der Waals surface area contributed by atoms with Gasteiger partial charge in [-0.2, -0.15) is 9.78 Å². The van der Waals surface area contributed by atoms with Crippen LogP contribution in [-0.4, -0.2) is 67.9 Å². The number of nitrogens with zero attached hydrogens (tertiary/aromatic N) is 3. The van der Waals surface area contributed by atoms with E-state index in [0.717, 1.165) is 22.2 Å². The van der Waals surface area contributed by atoms with Crippen molar-refractivity contribution in [3.05, 3.63) is 71.8 Å². The van der Waals surface area contributed by atoms with Crippen LogP contribution >= 0.6 is 0 Å². The van der Waals surface area contributed by atoms with Crippen molar-refractivity contribution < 1.29 is 31.9 Å². The summed E-state index contributed by atoms with van der Waals surface area (Å²) in [6.45, 7) is 0.371. The third kappa shape index (κ3) is 6.61. The summed E-state index contributed by atoms with van der Waals surface area (Å²) < 4.78 is 49.6. The number of ether oxygens (including phenoxy) is 2. The van der Waals surface area contributed by atoms with E-state index in [-0.39, 0.29) is 29.8 Å². The van der Waals surface area contributed by atoms with E-state index in [4.69, 9.17) is 9.47 Å². The highest BCUT2D eigenvalue weighted by atomic mass is 32.2. The van der Waals surface area contributed by atoms with Gasteiger partial charge in [-0.25, -0.2) is 17.6 Å². The van der Waals surface area contributed by atoms with E-state index in [2.05, 4.69) is 10.4 Å². The minimum Gasteiger partial charge on any atom is -0.494 e. The molecule has 2 aromatic carbocycles. The van der Waals surface area contributed by atoms with Gasteiger partial charge in [-0.3, -0.25) is 4.79 Å². The summed E-state index contributed by atoms with van der Waals surface area (Å²) in [4.78, 5) is 27.5. The lowest BCUT2D eigenvalue weighted by Gasteiger charge is -2.22. The van der Waals surface area contributed by atoms with E-state index in [9.17, 15) is 22.4 Å². The molecule has 0 unspecified atom stereocenters. The molecular weight excluding hydrogens is 539 g/mol. The van der Waals surface area contributed by atoms with Crippen LogP contribution in [0.1, 0.15) is 30.4 Å². The smallest absolute Gasteiger partial charge is 0.342 e. The van der Waals surface area contributed by atoms with Crippen LogP contribution in [0.4, 0.5) is 14.9 Å². The van der Waals surface area contributed by atoms with Crippen molar-refractivity contribution >= 4 is 27.5 Å². The van der Waals surface area contributed by atoms with Gasteiger partial charge in [-0.05, 0) is 60.6 Å². The molecule has 0 aliphatic carbocycles. The molecule has 10 nitrogen and oxygen atoms in total. The first-order chi connectivity index (χ1) is 19.2. The average Bonchev–Trinajstić information content (AvgIpc) is 3.36. The predicted octanol–water partition coefficient (Wildman–Crippen LogP) is 3.19. The Hall–Kier alpha value is -3.93. The Bertz CT molecular complexity index is 1490. The number of fused-ring (bicyclic) bond motifs is 1. The summed E-state index contributed by atoms with van der Waals surface area (Å²) in [7, 11) is -1.29. The van der Waals surface area contributed by atoms with Crippen LogP contribution in [0.3, 0.4) is 0 Å². The minimum atomic E-state index is -2.89. The Morgan fingerprint density at radius 2 is 1.98 bits per heavy atom. The second-order valence-corrected chi connectivity index (χ2v) is 12.5. The molecule has 1 fully saturated rings. The highest BCUT2D eigenvalue weighted by Crippen LogP contribution is 2.34. The van der Waals surface area contributed by atoms with Gasteiger partial charge >= 0.3 is 6.03 Å². The van der Waals surface area contributed by atoms with E-state index in [0.29, 0.717) is 49.0 Å².